The molecule has 0 aliphatic rings. The van der Waals surface area contributed by atoms with Gasteiger partial charge in [-0.15, -0.1) is 11.3 Å². The minimum Gasteiger partial charge on any atom is -0.496 e. The third-order valence-electron chi connectivity index (χ3n) is 3.90. The average Bonchev–Trinajstić information content (AvgIpc) is 3.13. The van der Waals surface area contributed by atoms with Gasteiger partial charge in [0.15, 0.2) is 5.96 Å². The minimum atomic E-state index is 0.182. The first-order chi connectivity index (χ1) is 12.2. The number of aliphatic imine (C=N–C) groups is 1. The number of hydrogen-bond donors (Lipinski definition) is 2. The number of thiophene rings is 1. The smallest absolute Gasteiger partial charge is 0.191 e. The lowest BCUT2D eigenvalue weighted by atomic mass is 10.0. The van der Waals surface area contributed by atoms with E-state index < -0.39 is 0 Å². The van der Waals surface area contributed by atoms with Gasteiger partial charge in [0.1, 0.15) is 5.75 Å². The summed E-state index contributed by atoms with van der Waals surface area (Å²) in [6.45, 7) is 4.33. The number of ether oxygens (including phenoxy) is 1. The fourth-order valence-electron chi connectivity index (χ4n) is 2.61. The summed E-state index contributed by atoms with van der Waals surface area (Å²) in [4.78, 5) is 8.12. The van der Waals surface area contributed by atoms with Crippen molar-refractivity contribution in [1.82, 2.24) is 15.5 Å². The summed E-state index contributed by atoms with van der Waals surface area (Å²) in [5, 5.41) is 8.85. The maximum Gasteiger partial charge on any atom is 0.191 e. The number of guanidine groups is 1. The van der Waals surface area contributed by atoms with Crippen LogP contribution in [0, 0.1) is 0 Å². The highest BCUT2D eigenvalue weighted by Crippen LogP contribution is 2.27. The zero-order valence-electron chi connectivity index (χ0n) is 15.5. The SMILES string of the molecule is CCNC(=NCc1cccs1)NCC(c1ccccc1OC)N(C)C. The number of nitrogens with one attached hydrogen (secondary N) is 2. The minimum absolute atomic E-state index is 0.182. The lowest BCUT2D eigenvalue weighted by Gasteiger charge is -2.27. The van der Waals surface area contributed by atoms with Crippen molar-refractivity contribution in [2.75, 3.05) is 34.3 Å². The second kappa shape index (κ2) is 10.1. The summed E-state index contributed by atoms with van der Waals surface area (Å²) >= 11 is 1.73. The van der Waals surface area contributed by atoms with E-state index in [1.165, 1.54) is 4.88 Å². The number of hydrogen-bond acceptors (Lipinski definition) is 4. The normalized spacial score (nSPS) is 12.9. The highest BCUT2D eigenvalue weighted by molar-refractivity contribution is 7.09. The monoisotopic (exact) mass is 360 g/mol. The molecular weight excluding hydrogens is 332 g/mol. The highest BCUT2D eigenvalue weighted by atomic mass is 32.1. The summed E-state index contributed by atoms with van der Waals surface area (Å²) in [7, 11) is 5.87. The Morgan fingerprint density at radius 3 is 2.64 bits per heavy atom. The Kier molecular flexibility index (Phi) is 7.76. The lowest BCUT2D eigenvalue weighted by Crippen LogP contribution is -2.41. The van der Waals surface area contributed by atoms with Crippen LogP contribution in [0.1, 0.15) is 23.4 Å². The van der Waals surface area contributed by atoms with Crippen molar-refractivity contribution in [1.29, 1.82) is 0 Å². The molecule has 0 aliphatic heterocycles. The summed E-state index contributed by atoms with van der Waals surface area (Å²) in [5.74, 6) is 1.74. The third kappa shape index (κ3) is 5.76. The highest BCUT2D eigenvalue weighted by Gasteiger charge is 2.18. The molecule has 0 saturated heterocycles. The second-order valence-electron chi connectivity index (χ2n) is 5.88. The largest absolute Gasteiger partial charge is 0.496 e. The van der Waals surface area contributed by atoms with Crippen LogP contribution in [0.3, 0.4) is 0 Å². The molecule has 1 aromatic heterocycles. The van der Waals surface area contributed by atoms with Gasteiger partial charge in [-0.05, 0) is 38.5 Å². The van der Waals surface area contributed by atoms with E-state index in [9.17, 15) is 0 Å². The predicted molar refractivity (Wildman–Crippen MR) is 107 cm³/mol. The van der Waals surface area contributed by atoms with Crippen molar-refractivity contribution >= 4 is 17.3 Å². The maximum atomic E-state index is 5.53. The van der Waals surface area contributed by atoms with E-state index in [-0.39, 0.29) is 6.04 Å². The molecule has 1 unspecified atom stereocenters. The molecule has 1 aromatic carbocycles. The van der Waals surface area contributed by atoms with Gasteiger partial charge in [-0.25, -0.2) is 4.99 Å². The van der Waals surface area contributed by atoms with Crippen molar-refractivity contribution in [3.05, 3.63) is 52.2 Å². The first-order valence-electron chi connectivity index (χ1n) is 8.49. The molecule has 2 rings (SSSR count). The zero-order valence-corrected chi connectivity index (χ0v) is 16.3. The molecule has 5 nitrogen and oxygen atoms in total. The van der Waals surface area contributed by atoms with Crippen molar-refractivity contribution in [3.8, 4) is 5.75 Å². The topological polar surface area (TPSA) is 48.9 Å². The Hall–Kier alpha value is -2.05. The maximum absolute atomic E-state index is 5.53. The lowest BCUT2D eigenvalue weighted by molar-refractivity contribution is 0.287. The molecule has 0 aliphatic carbocycles. The van der Waals surface area contributed by atoms with Crippen LogP contribution in [-0.4, -0.2) is 45.2 Å². The number of rotatable bonds is 8. The Morgan fingerprint density at radius 2 is 2.00 bits per heavy atom. The molecule has 0 saturated carbocycles. The molecule has 2 aromatic rings. The van der Waals surface area contributed by atoms with E-state index in [0.717, 1.165) is 30.4 Å². The molecule has 0 amide bonds. The second-order valence-corrected chi connectivity index (χ2v) is 6.91. The van der Waals surface area contributed by atoms with Crippen molar-refractivity contribution in [2.45, 2.75) is 19.5 Å². The van der Waals surface area contributed by atoms with Crippen LogP contribution in [0.4, 0.5) is 0 Å². The van der Waals surface area contributed by atoms with Crippen LogP contribution in [0.5, 0.6) is 5.75 Å². The van der Waals surface area contributed by atoms with E-state index in [1.807, 2.05) is 18.2 Å². The van der Waals surface area contributed by atoms with Gasteiger partial charge in [-0.3, -0.25) is 0 Å². The predicted octanol–water partition coefficient (Wildman–Crippen LogP) is 3.11. The molecule has 0 spiro atoms. The summed E-state index contributed by atoms with van der Waals surface area (Å²) in [6.07, 6.45) is 0. The summed E-state index contributed by atoms with van der Waals surface area (Å²) in [5.41, 5.74) is 1.16. The molecule has 0 radical (unpaired) electrons. The zero-order chi connectivity index (χ0) is 18.1. The van der Waals surface area contributed by atoms with E-state index in [2.05, 4.69) is 65.1 Å². The molecular formula is C19H28N4OS. The average molecular weight is 361 g/mol. The van der Waals surface area contributed by atoms with E-state index in [1.54, 1.807) is 18.4 Å². The van der Waals surface area contributed by atoms with Gasteiger partial charge >= 0.3 is 0 Å². The van der Waals surface area contributed by atoms with E-state index >= 15 is 0 Å². The van der Waals surface area contributed by atoms with Gasteiger partial charge in [0.2, 0.25) is 0 Å². The molecule has 0 bridgehead atoms. The first kappa shape index (κ1) is 19.3. The van der Waals surface area contributed by atoms with Gasteiger partial charge in [-0.2, -0.15) is 0 Å². The van der Waals surface area contributed by atoms with Gasteiger partial charge in [0, 0.05) is 23.5 Å². The fourth-order valence-corrected chi connectivity index (χ4v) is 3.24. The van der Waals surface area contributed by atoms with Crippen LogP contribution in [0.25, 0.3) is 0 Å². The number of benzene rings is 1. The van der Waals surface area contributed by atoms with Crippen LogP contribution in [0.15, 0.2) is 46.8 Å². The van der Waals surface area contributed by atoms with E-state index in [0.29, 0.717) is 6.54 Å². The van der Waals surface area contributed by atoms with Gasteiger partial charge in [-0.1, -0.05) is 24.3 Å². The molecule has 1 heterocycles. The van der Waals surface area contributed by atoms with Crippen molar-refractivity contribution in [3.63, 3.8) is 0 Å². The first-order valence-corrected chi connectivity index (χ1v) is 9.37. The van der Waals surface area contributed by atoms with Crippen LogP contribution >= 0.6 is 11.3 Å². The molecule has 25 heavy (non-hydrogen) atoms. The van der Waals surface area contributed by atoms with Gasteiger partial charge in [0.05, 0.1) is 19.7 Å². The van der Waals surface area contributed by atoms with Crippen LogP contribution < -0.4 is 15.4 Å². The Balaban J connectivity index is 2.08. The van der Waals surface area contributed by atoms with Gasteiger partial charge in [0.25, 0.3) is 0 Å². The standard InChI is InChI=1S/C19H28N4OS/c1-5-20-19(21-13-15-9-8-12-25-15)22-14-17(23(2)3)16-10-6-7-11-18(16)24-4/h6-12,17H,5,13-14H2,1-4H3,(H2,20,21,22). The number of nitrogens with zero attached hydrogens (tertiary/aromatic N) is 2. The Morgan fingerprint density at radius 1 is 1.20 bits per heavy atom. The quantitative estimate of drug-likeness (QED) is 0.561. The number of methoxy groups -OCH3 is 1. The number of para-hydroxylation sites is 1. The van der Waals surface area contributed by atoms with Crippen LogP contribution in [-0.2, 0) is 6.54 Å². The molecule has 2 N–H and O–H groups in total. The molecule has 0 fully saturated rings. The fraction of sp³-hybridized carbons (Fsp3) is 0.421. The van der Waals surface area contributed by atoms with Crippen molar-refractivity contribution in [2.24, 2.45) is 4.99 Å². The Bertz CT molecular complexity index is 655. The summed E-state index contributed by atoms with van der Waals surface area (Å²) < 4.78 is 5.53. The summed E-state index contributed by atoms with van der Waals surface area (Å²) in [6, 6.07) is 12.5. The number of likely N-dealkylation sites (N-methyl/N-ethyl adjacent to an activating group) is 1. The molecule has 6 heteroatoms. The van der Waals surface area contributed by atoms with E-state index in [4.69, 9.17) is 4.74 Å². The molecule has 136 valence electrons. The molecule has 1 atom stereocenters. The van der Waals surface area contributed by atoms with Gasteiger partial charge < -0.3 is 20.3 Å². The van der Waals surface area contributed by atoms with Crippen LogP contribution in [0.2, 0.25) is 0 Å². The van der Waals surface area contributed by atoms with Crippen molar-refractivity contribution < 1.29 is 4.74 Å². The third-order valence-corrected chi connectivity index (χ3v) is 4.76. The Labute approximate surface area is 154 Å².